The summed E-state index contributed by atoms with van der Waals surface area (Å²) in [5, 5.41) is 8.19. The highest BCUT2D eigenvalue weighted by Crippen LogP contribution is 2.19. The molecule has 0 bridgehead atoms. The van der Waals surface area contributed by atoms with Crippen molar-refractivity contribution in [2.75, 3.05) is 5.01 Å². The van der Waals surface area contributed by atoms with Crippen LogP contribution in [-0.2, 0) is 16.1 Å². The molecule has 1 aliphatic heterocycles. The van der Waals surface area contributed by atoms with Gasteiger partial charge in [-0.1, -0.05) is 30.3 Å². The quantitative estimate of drug-likeness (QED) is 0.939. The lowest BCUT2D eigenvalue weighted by Gasteiger charge is -2.23. The van der Waals surface area contributed by atoms with Crippen molar-refractivity contribution in [3.63, 3.8) is 0 Å². The molecule has 0 unspecified atom stereocenters. The SMILES string of the molecule is O=C(NCc1ccc(F)cc1)C1=NN(c2ccccc2)C(=O)CC1. The molecule has 122 valence electrons. The van der Waals surface area contributed by atoms with Crippen LogP contribution < -0.4 is 10.3 Å². The standard InChI is InChI=1S/C18H16FN3O2/c19-14-8-6-13(7-9-14)12-20-18(24)16-10-11-17(23)22(21-16)15-4-2-1-3-5-15/h1-9H,10-12H2,(H,20,24). The van der Waals surface area contributed by atoms with Crippen LogP contribution in [0, 0.1) is 5.82 Å². The highest BCUT2D eigenvalue weighted by Gasteiger charge is 2.25. The second-order valence-corrected chi connectivity index (χ2v) is 5.40. The van der Waals surface area contributed by atoms with Crippen molar-refractivity contribution in [3.8, 4) is 0 Å². The number of para-hydroxylation sites is 1. The van der Waals surface area contributed by atoms with Crippen molar-refractivity contribution < 1.29 is 14.0 Å². The number of amides is 2. The van der Waals surface area contributed by atoms with Crippen LogP contribution in [0.4, 0.5) is 10.1 Å². The maximum absolute atomic E-state index is 12.9. The Hall–Kier alpha value is -3.02. The molecule has 0 aromatic heterocycles. The van der Waals surface area contributed by atoms with Crippen LogP contribution in [0.25, 0.3) is 0 Å². The Morgan fingerprint density at radius 2 is 1.79 bits per heavy atom. The number of rotatable bonds is 4. The second-order valence-electron chi connectivity index (χ2n) is 5.40. The summed E-state index contributed by atoms with van der Waals surface area (Å²) in [6.45, 7) is 0.275. The molecule has 0 fully saturated rings. The summed E-state index contributed by atoms with van der Waals surface area (Å²) in [6, 6.07) is 14.9. The van der Waals surface area contributed by atoms with Gasteiger partial charge in [0.15, 0.2) is 0 Å². The minimum Gasteiger partial charge on any atom is -0.347 e. The van der Waals surface area contributed by atoms with E-state index in [-0.39, 0.29) is 30.6 Å². The summed E-state index contributed by atoms with van der Waals surface area (Å²) in [5.74, 6) is -0.789. The monoisotopic (exact) mass is 325 g/mol. The third-order valence-corrected chi connectivity index (χ3v) is 3.66. The molecule has 0 saturated carbocycles. The molecule has 0 saturated heterocycles. The van der Waals surface area contributed by atoms with Crippen molar-refractivity contribution in [2.45, 2.75) is 19.4 Å². The molecule has 1 N–H and O–H groups in total. The molecule has 6 heteroatoms. The Morgan fingerprint density at radius 1 is 1.08 bits per heavy atom. The number of halogens is 1. The first-order valence-corrected chi connectivity index (χ1v) is 7.61. The predicted molar refractivity (Wildman–Crippen MR) is 88.8 cm³/mol. The Balaban J connectivity index is 1.69. The lowest BCUT2D eigenvalue weighted by Crippen LogP contribution is -2.38. The largest absolute Gasteiger partial charge is 0.347 e. The Morgan fingerprint density at radius 3 is 2.50 bits per heavy atom. The number of hydrogen-bond donors (Lipinski definition) is 1. The van der Waals surface area contributed by atoms with Gasteiger partial charge in [-0.15, -0.1) is 0 Å². The minimum absolute atomic E-state index is 0.142. The Kier molecular flexibility index (Phi) is 4.65. The normalized spacial score (nSPS) is 14.3. The van der Waals surface area contributed by atoms with Crippen LogP contribution in [0.2, 0.25) is 0 Å². The van der Waals surface area contributed by atoms with Gasteiger partial charge in [0.1, 0.15) is 11.5 Å². The second kappa shape index (κ2) is 7.04. The number of nitrogens with one attached hydrogen (secondary N) is 1. The molecule has 0 radical (unpaired) electrons. The van der Waals surface area contributed by atoms with Gasteiger partial charge in [-0.3, -0.25) is 9.59 Å². The molecule has 5 nitrogen and oxygen atoms in total. The fourth-order valence-electron chi connectivity index (χ4n) is 2.37. The highest BCUT2D eigenvalue weighted by molar-refractivity contribution is 6.40. The third-order valence-electron chi connectivity index (χ3n) is 3.66. The summed E-state index contributed by atoms with van der Waals surface area (Å²) in [5.41, 5.74) is 1.73. The molecule has 2 aromatic rings. The van der Waals surface area contributed by atoms with Crippen LogP contribution in [0.3, 0.4) is 0 Å². The van der Waals surface area contributed by atoms with Gasteiger partial charge in [-0.2, -0.15) is 5.10 Å². The third kappa shape index (κ3) is 3.65. The number of carbonyl (C=O) groups excluding carboxylic acids is 2. The number of hydrazone groups is 1. The van der Waals surface area contributed by atoms with E-state index in [1.54, 1.807) is 36.4 Å². The molecule has 1 aliphatic rings. The number of nitrogens with zero attached hydrogens (tertiary/aromatic N) is 2. The number of hydrogen-bond acceptors (Lipinski definition) is 3. The average molecular weight is 325 g/mol. The maximum Gasteiger partial charge on any atom is 0.267 e. The zero-order valence-electron chi connectivity index (χ0n) is 12.9. The van der Waals surface area contributed by atoms with Crippen LogP contribution in [0.15, 0.2) is 59.7 Å². The number of carbonyl (C=O) groups is 2. The first-order chi connectivity index (χ1) is 11.6. The van der Waals surface area contributed by atoms with E-state index in [1.807, 2.05) is 6.07 Å². The van der Waals surface area contributed by atoms with Crippen LogP contribution in [0.1, 0.15) is 18.4 Å². The fourth-order valence-corrected chi connectivity index (χ4v) is 2.37. The molecule has 0 atom stereocenters. The van der Waals surface area contributed by atoms with Gasteiger partial charge in [0, 0.05) is 19.4 Å². The van der Waals surface area contributed by atoms with Gasteiger partial charge in [-0.05, 0) is 29.8 Å². The summed E-state index contributed by atoms with van der Waals surface area (Å²) in [4.78, 5) is 24.3. The molecule has 2 amide bonds. The first-order valence-electron chi connectivity index (χ1n) is 7.61. The Bertz CT molecular complexity index is 773. The lowest BCUT2D eigenvalue weighted by atomic mass is 10.1. The number of anilines is 1. The smallest absolute Gasteiger partial charge is 0.267 e. The first kappa shape index (κ1) is 15.9. The van der Waals surface area contributed by atoms with E-state index in [0.717, 1.165) is 5.56 Å². The number of benzene rings is 2. The molecular weight excluding hydrogens is 309 g/mol. The van der Waals surface area contributed by atoms with Gasteiger partial charge in [0.25, 0.3) is 5.91 Å². The lowest BCUT2D eigenvalue weighted by molar-refractivity contribution is -0.119. The van der Waals surface area contributed by atoms with E-state index >= 15 is 0 Å². The van der Waals surface area contributed by atoms with Crippen LogP contribution >= 0.6 is 0 Å². The Labute approximate surface area is 138 Å². The highest BCUT2D eigenvalue weighted by atomic mass is 19.1. The summed E-state index contributed by atoms with van der Waals surface area (Å²) >= 11 is 0. The summed E-state index contributed by atoms with van der Waals surface area (Å²) in [6.07, 6.45) is 0.537. The van der Waals surface area contributed by atoms with E-state index in [4.69, 9.17) is 0 Å². The molecule has 3 rings (SSSR count). The van der Waals surface area contributed by atoms with E-state index in [0.29, 0.717) is 17.8 Å². The van der Waals surface area contributed by atoms with Crippen molar-refractivity contribution in [1.29, 1.82) is 0 Å². The predicted octanol–water partition coefficient (Wildman–Crippen LogP) is 2.62. The van der Waals surface area contributed by atoms with Gasteiger partial charge >= 0.3 is 0 Å². The van der Waals surface area contributed by atoms with Gasteiger partial charge in [0.05, 0.1) is 5.69 Å². The van der Waals surface area contributed by atoms with E-state index in [2.05, 4.69) is 10.4 Å². The van der Waals surface area contributed by atoms with Crippen molar-refractivity contribution in [3.05, 3.63) is 66.0 Å². The molecule has 1 heterocycles. The maximum atomic E-state index is 12.9. The van der Waals surface area contributed by atoms with Gasteiger partial charge in [0.2, 0.25) is 5.91 Å². The van der Waals surface area contributed by atoms with E-state index in [9.17, 15) is 14.0 Å². The zero-order valence-corrected chi connectivity index (χ0v) is 12.9. The van der Waals surface area contributed by atoms with Crippen molar-refractivity contribution >= 4 is 23.2 Å². The fraction of sp³-hybridized carbons (Fsp3) is 0.167. The van der Waals surface area contributed by atoms with Crippen molar-refractivity contribution in [2.24, 2.45) is 5.10 Å². The van der Waals surface area contributed by atoms with Crippen molar-refractivity contribution in [1.82, 2.24) is 5.32 Å². The molecule has 0 aliphatic carbocycles. The molecule has 2 aromatic carbocycles. The molecule has 24 heavy (non-hydrogen) atoms. The minimum atomic E-state index is -0.326. The van der Waals surface area contributed by atoms with E-state index in [1.165, 1.54) is 17.1 Å². The van der Waals surface area contributed by atoms with Gasteiger partial charge in [-0.25, -0.2) is 9.40 Å². The molecular formula is C18H16FN3O2. The summed E-state index contributed by atoms with van der Waals surface area (Å²) < 4.78 is 12.9. The molecule has 0 spiro atoms. The van der Waals surface area contributed by atoms with Crippen LogP contribution in [-0.4, -0.2) is 17.5 Å². The van der Waals surface area contributed by atoms with Crippen LogP contribution in [0.5, 0.6) is 0 Å². The van der Waals surface area contributed by atoms with E-state index < -0.39 is 0 Å². The zero-order chi connectivity index (χ0) is 16.9. The van der Waals surface area contributed by atoms with Gasteiger partial charge < -0.3 is 5.32 Å². The summed E-state index contributed by atoms with van der Waals surface area (Å²) in [7, 11) is 0. The topological polar surface area (TPSA) is 61.8 Å². The average Bonchev–Trinajstić information content (AvgIpc) is 2.62.